The van der Waals surface area contributed by atoms with Gasteiger partial charge >= 0.3 is 0 Å². The van der Waals surface area contributed by atoms with E-state index in [0.717, 1.165) is 27.9 Å². The average Bonchev–Trinajstić information content (AvgIpc) is 2.77. The molecule has 1 unspecified atom stereocenters. The number of nitrogens with zero attached hydrogens (tertiary/aromatic N) is 2. The second kappa shape index (κ2) is 5.71. The van der Waals surface area contributed by atoms with Crippen LogP contribution in [0.3, 0.4) is 0 Å². The van der Waals surface area contributed by atoms with Crippen LogP contribution in [0.25, 0.3) is 0 Å². The molecule has 3 nitrogen and oxygen atoms in total. The molecule has 1 aromatic heterocycles. The molecule has 0 spiro atoms. The molecule has 0 radical (unpaired) electrons. The first-order valence-corrected chi connectivity index (χ1v) is 7.08. The van der Waals surface area contributed by atoms with E-state index in [0.29, 0.717) is 0 Å². The molecule has 17 heavy (non-hydrogen) atoms. The van der Waals surface area contributed by atoms with Crippen molar-refractivity contribution < 1.29 is 0 Å². The predicted molar refractivity (Wildman–Crippen MR) is 74.1 cm³/mol. The van der Waals surface area contributed by atoms with Crippen molar-refractivity contribution in [1.29, 1.82) is 0 Å². The van der Waals surface area contributed by atoms with Crippen molar-refractivity contribution >= 4 is 27.5 Å². The van der Waals surface area contributed by atoms with Gasteiger partial charge in [0.25, 0.3) is 0 Å². The van der Waals surface area contributed by atoms with Gasteiger partial charge in [0.2, 0.25) is 0 Å². The molecule has 1 atom stereocenters. The van der Waals surface area contributed by atoms with E-state index < -0.39 is 0 Å². The first kappa shape index (κ1) is 12.7. The third kappa shape index (κ3) is 3.12. The average molecular weight is 312 g/mol. The van der Waals surface area contributed by atoms with Gasteiger partial charge in [-0.15, -0.1) is 5.10 Å². The van der Waals surface area contributed by atoms with Crippen LogP contribution in [0, 0.1) is 0 Å². The van der Waals surface area contributed by atoms with Crippen molar-refractivity contribution in [2.24, 2.45) is 5.73 Å². The number of halogens is 1. The summed E-state index contributed by atoms with van der Waals surface area (Å²) in [6.07, 6.45) is 1.70. The second-order valence-electron chi connectivity index (χ2n) is 3.88. The SMILES string of the molecule is CCc1nnsc1C(N)Cc1cccc(Br)c1. The number of hydrogen-bond donors (Lipinski definition) is 1. The zero-order chi connectivity index (χ0) is 12.3. The summed E-state index contributed by atoms with van der Waals surface area (Å²) in [5.41, 5.74) is 8.46. The Hall–Kier alpha value is -0.780. The first-order valence-electron chi connectivity index (χ1n) is 5.52. The minimum absolute atomic E-state index is 0.0146. The van der Waals surface area contributed by atoms with Gasteiger partial charge in [-0.1, -0.05) is 39.5 Å². The molecule has 90 valence electrons. The zero-order valence-electron chi connectivity index (χ0n) is 9.56. The highest BCUT2D eigenvalue weighted by Gasteiger charge is 2.15. The fourth-order valence-corrected chi connectivity index (χ4v) is 2.94. The lowest BCUT2D eigenvalue weighted by Gasteiger charge is -2.10. The fourth-order valence-electron chi connectivity index (χ4n) is 1.75. The Balaban J connectivity index is 2.14. The molecule has 1 aromatic carbocycles. The third-order valence-electron chi connectivity index (χ3n) is 2.60. The van der Waals surface area contributed by atoms with Gasteiger partial charge in [0.1, 0.15) is 0 Å². The van der Waals surface area contributed by atoms with E-state index in [4.69, 9.17) is 5.73 Å². The van der Waals surface area contributed by atoms with Crippen LogP contribution in [-0.2, 0) is 12.8 Å². The molecule has 2 N–H and O–H groups in total. The second-order valence-corrected chi connectivity index (χ2v) is 5.58. The highest BCUT2D eigenvalue weighted by Crippen LogP contribution is 2.23. The molecule has 2 aromatic rings. The lowest BCUT2D eigenvalue weighted by atomic mass is 10.0. The predicted octanol–water partition coefficient (Wildman–Crippen LogP) is 3.11. The van der Waals surface area contributed by atoms with Crippen LogP contribution >= 0.6 is 27.5 Å². The van der Waals surface area contributed by atoms with E-state index in [1.165, 1.54) is 17.1 Å². The normalized spacial score (nSPS) is 12.6. The van der Waals surface area contributed by atoms with Crippen molar-refractivity contribution in [1.82, 2.24) is 9.59 Å². The Morgan fingerprint density at radius 2 is 2.29 bits per heavy atom. The lowest BCUT2D eigenvalue weighted by Crippen LogP contribution is -2.13. The third-order valence-corrected chi connectivity index (χ3v) is 3.99. The highest BCUT2D eigenvalue weighted by atomic mass is 79.9. The molecule has 0 amide bonds. The molecular formula is C12H14BrN3S. The molecule has 0 fully saturated rings. The van der Waals surface area contributed by atoms with Gasteiger partial charge in [0.15, 0.2) is 0 Å². The monoisotopic (exact) mass is 311 g/mol. The molecule has 0 bridgehead atoms. The standard InChI is InChI=1S/C12H14BrN3S/c1-2-11-12(17-16-15-11)10(14)7-8-4-3-5-9(13)6-8/h3-6,10H,2,7,14H2,1H3. The topological polar surface area (TPSA) is 51.8 Å². The number of nitrogens with two attached hydrogens (primary N) is 1. The van der Waals surface area contributed by atoms with Crippen LogP contribution in [0.2, 0.25) is 0 Å². The van der Waals surface area contributed by atoms with Crippen LogP contribution in [-0.4, -0.2) is 9.59 Å². The van der Waals surface area contributed by atoms with Crippen LogP contribution in [0.1, 0.15) is 29.1 Å². The summed E-state index contributed by atoms with van der Waals surface area (Å²) >= 11 is 4.87. The maximum absolute atomic E-state index is 6.21. The minimum atomic E-state index is -0.0146. The number of rotatable bonds is 4. The summed E-state index contributed by atoms with van der Waals surface area (Å²) < 4.78 is 5.06. The molecular weight excluding hydrogens is 298 g/mol. The van der Waals surface area contributed by atoms with E-state index in [2.05, 4.69) is 44.6 Å². The summed E-state index contributed by atoms with van der Waals surface area (Å²) in [6, 6.07) is 8.21. The zero-order valence-corrected chi connectivity index (χ0v) is 12.0. The summed E-state index contributed by atoms with van der Waals surface area (Å²) in [5, 5.41) is 4.09. The van der Waals surface area contributed by atoms with E-state index in [1.807, 2.05) is 12.1 Å². The number of aromatic nitrogens is 2. The quantitative estimate of drug-likeness (QED) is 0.944. The van der Waals surface area contributed by atoms with Crippen molar-refractivity contribution in [2.75, 3.05) is 0 Å². The number of benzene rings is 1. The van der Waals surface area contributed by atoms with Crippen molar-refractivity contribution in [3.8, 4) is 0 Å². The van der Waals surface area contributed by atoms with Gasteiger partial charge in [0.05, 0.1) is 10.6 Å². The van der Waals surface area contributed by atoms with Crippen LogP contribution < -0.4 is 5.73 Å². The van der Waals surface area contributed by atoms with E-state index >= 15 is 0 Å². The van der Waals surface area contributed by atoms with Crippen molar-refractivity contribution in [3.05, 3.63) is 44.9 Å². The van der Waals surface area contributed by atoms with Gasteiger partial charge in [-0.25, -0.2) is 0 Å². The summed E-state index contributed by atoms with van der Waals surface area (Å²) in [5.74, 6) is 0. The highest BCUT2D eigenvalue weighted by molar-refractivity contribution is 9.10. The first-order chi connectivity index (χ1) is 8.20. The van der Waals surface area contributed by atoms with Gasteiger partial charge in [-0.3, -0.25) is 0 Å². The maximum atomic E-state index is 6.21. The smallest absolute Gasteiger partial charge is 0.0801 e. The molecule has 0 saturated heterocycles. The molecule has 1 heterocycles. The molecule has 0 aliphatic heterocycles. The van der Waals surface area contributed by atoms with Gasteiger partial charge in [-0.2, -0.15) is 0 Å². The lowest BCUT2D eigenvalue weighted by molar-refractivity contribution is 0.722. The van der Waals surface area contributed by atoms with Gasteiger partial charge < -0.3 is 5.73 Å². The molecule has 0 aliphatic carbocycles. The minimum Gasteiger partial charge on any atom is -0.323 e. The Kier molecular flexibility index (Phi) is 4.25. The van der Waals surface area contributed by atoms with E-state index in [1.54, 1.807) is 0 Å². The molecule has 0 aliphatic rings. The molecule has 2 rings (SSSR count). The van der Waals surface area contributed by atoms with E-state index in [-0.39, 0.29) is 6.04 Å². The molecule has 0 saturated carbocycles. The Labute approximate surface area is 113 Å². The fraction of sp³-hybridized carbons (Fsp3) is 0.333. The largest absolute Gasteiger partial charge is 0.323 e. The van der Waals surface area contributed by atoms with Crippen LogP contribution in [0.5, 0.6) is 0 Å². The van der Waals surface area contributed by atoms with Crippen LogP contribution in [0.4, 0.5) is 0 Å². The summed E-state index contributed by atoms with van der Waals surface area (Å²) in [6.45, 7) is 2.08. The Morgan fingerprint density at radius 1 is 1.47 bits per heavy atom. The van der Waals surface area contributed by atoms with Gasteiger partial charge in [-0.05, 0) is 42.1 Å². The molecule has 5 heteroatoms. The number of hydrogen-bond acceptors (Lipinski definition) is 4. The van der Waals surface area contributed by atoms with E-state index in [9.17, 15) is 0 Å². The van der Waals surface area contributed by atoms with Crippen molar-refractivity contribution in [3.63, 3.8) is 0 Å². The summed E-state index contributed by atoms with van der Waals surface area (Å²) in [7, 11) is 0. The summed E-state index contributed by atoms with van der Waals surface area (Å²) in [4.78, 5) is 1.10. The van der Waals surface area contributed by atoms with Crippen LogP contribution in [0.15, 0.2) is 28.7 Å². The van der Waals surface area contributed by atoms with Crippen molar-refractivity contribution in [2.45, 2.75) is 25.8 Å². The maximum Gasteiger partial charge on any atom is 0.0801 e. The Morgan fingerprint density at radius 3 is 3.00 bits per heavy atom. The van der Waals surface area contributed by atoms with Gasteiger partial charge in [0, 0.05) is 10.5 Å². The Bertz CT molecular complexity index is 498. The number of aryl methyl sites for hydroxylation is 1.